The second-order valence-corrected chi connectivity index (χ2v) is 6.29. The molecule has 1 N–H and O–H groups in total. The molecule has 4 aromatic rings. The molecule has 0 aliphatic carbocycles. The van der Waals surface area contributed by atoms with Gasteiger partial charge in [0.05, 0.1) is 11.9 Å². The van der Waals surface area contributed by atoms with Crippen LogP contribution in [-0.2, 0) is 6.54 Å². The molecular formula is C20H18N6O. The van der Waals surface area contributed by atoms with Gasteiger partial charge in [0.1, 0.15) is 5.65 Å². The predicted octanol–water partition coefficient (Wildman–Crippen LogP) is 3.56. The molecule has 1 aromatic carbocycles. The molecule has 4 rings (SSSR count). The standard InChI is InChI=1S/C20H18N6O/c1-14(2)13-25-18(27)9-8-15-10-21-20(24-19(15)25)26(17-11-22-23-12-17)16-6-4-3-5-7-16/h3-12H,1,13H2,2H3,(H,22,23). The summed E-state index contributed by atoms with van der Waals surface area (Å²) < 4.78 is 1.61. The van der Waals surface area contributed by atoms with E-state index in [-0.39, 0.29) is 5.56 Å². The van der Waals surface area contributed by atoms with Crippen LogP contribution in [0.4, 0.5) is 17.3 Å². The van der Waals surface area contributed by atoms with E-state index in [0.717, 1.165) is 22.3 Å². The van der Waals surface area contributed by atoms with E-state index in [1.165, 1.54) is 6.07 Å². The predicted molar refractivity (Wildman–Crippen MR) is 105 cm³/mol. The third-order valence-corrected chi connectivity index (χ3v) is 4.09. The van der Waals surface area contributed by atoms with E-state index in [0.29, 0.717) is 18.1 Å². The number of allylic oxidation sites excluding steroid dienone is 1. The van der Waals surface area contributed by atoms with Gasteiger partial charge in [0.25, 0.3) is 5.56 Å². The van der Waals surface area contributed by atoms with Crippen LogP contribution in [0.2, 0.25) is 0 Å². The first-order chi connectivity index (χ1) is 13.1. The van der Waals surface area contributed by atoms with E-state index in [2.05, 4.69) is 21.8 Å². The zero-order valence-corrected chi connectivity index (χ0v) is 14.8. The van der Waals surface area contributed by atoms with Crippen molar-refractivity contribution in [2.24, 2.45) is 0 Å². The van der Waals surface area contributed by atoms with Crippen molar-refractivity contribution >= 4 is 28.4 Å². The van der Waals surface area contributed by atoms with E-state index in [1.54, 1.807) is 29.2 Å². The average Bonchev–Trinajstić information content (AvgIpc) is 3.19. The SMILES string of the molecule is C=C(C)Cn1c(=O)ccc2cnc(N(c3ccccc3)c3cn[nH]c3)nc21. The van der Waals surface area contributed by atoms with Crippen LogP contribution in [0.25, 0.3) is 11.0 Å². The summed E-state index contributed by atoms with van der Waals surface area (Å²) in [5.74, 6) is 0.455. The number of fused-ring (bicyclic) bond motifs is 1. The van der Waals surface area contributed by atoms with Crippen molar-refractivity contribution in [1.82, 2.24) is 24.7 Å². The number of rotatable bonds is 5. The number of nitrogens with one attached hydrogen (secondary N) is 1. The lowest BCUT2D eigenvalue weighted by Crippen LogP contribution is -2.22. The van der Waals surface area contributed by atoms with Crippen molar-refractivity contribution in [3.8, 4) is 0 Å². The largest absolute Gasteiger partial charge is 0.288 e. The molecule has 7 heteroatoms. The van der Waals surface area contributed by atoms with Crippen molar-refractivity contribution < 1.29 is 0 Å². The van der Waals surface area contributed by atoms with Gasteiger partial charge in [-0.1, -0.05) is 30.4 Å². The molecule has 134 valence electrons. The van der Waals surface area contributed by atoms with Gasteiger partial charge in [-0.25, -0.2) is 4.98 Å². The Morgan fingerprint density at radius 1 is 1.15 bits per heavy atom. The highest BCUT2D eigenvalue weighted by atomic mass is 16.1. The maximum atomic E-state index is 12.4. The fourth-order valence-electron chi connectivity index (χ4n) is 2.92. The number of para-hydroxylation sites is 1. The fourth-order valence-corrected chi connectivity index (χ4v) is 2.92. The number of nitrogens with zero attached hydrogens (tertiary/aromatic N) is 5. The number of H-pyrrole nitrogens is 1. The first-order valence-electron chi connectivity index (χ1n) is 8.48. The molecule has 0 bridgehead atoms. The quantitative estimate of drug-likeness (QED) is 0.552. The number of hydrogen-bond acceptors (Lipinski definition) is 5. The van der Waals surface area contributed by atoms with Crippen LogP contribution >= 0.6 is 0 Å². The maximum Gasteiger partial charge on any atom is 0.252 e. The Balaban J connectivity index is 1.93. The molecule has 0 saturated carbocycles. The molecule has 0 fully saturated rings. The highest BCUT2D eigenvalue weighted by Crippen LogP contribution is 2.31. The molecule has 0 aliphatic heterocycles. The first kappa shape index (κ1) is 16.7. The van der Waals surface area contributed by atoms with Gasteiger partial charge in [-0.3, -0.25) is 19.4 Å². The Hall–Kier alpha value is -3.74. The van der Waals surface area contributed by atoms with E-state index < -0.39 is 0 Å². The lowest BCUT2D eigenvalue weighted by molar-refractivity contribution is 0.770. The molecule has 0 aliphatic rings. The normalized spacial score (nSPS) is 10.9. The Labute approximate surface area is 155 Å². The van der Waals surface area contributed by atoms with Crippen LogP contribution in [0.5, 0.6) is 0 Å². The second kappa shape index (κ2) is 6.87. The van der Waals surface area contributed by atoms with Crippen molar-refractivity contribution in [3.63, 3.8) is 0 Å². The minimum absolute atomic E-state index is 0.121. The Morgan fingerprint density at radius 2 is 1.96 bits per heavy atom. The molecule has 7 nitrogen and oxygen atoms in total. The van der Waals surface area contributed by atoms with E-state index in [9.17, 15) is 4.79 Å². The summed E-state index contributed by atoms with van der Waals surface area (Å²) in [6.45, 7) is 6.21. The number of anilines is 3. The molecule has 0 unspecified atom stereocenters. The zero-order valence-electron chi connectivity index (χ0n) is 14.8. The van der Waals surface area contributed by atoms with Gasteiger partial charge in [-0.15, -0.1) is 0 Å². The molecule has 0 spiro atoms. The molecular weight excluding hydrogens is 340 g/mol. The van der Waals surface area contributed by atoms with E-state index in [1.807, 2.05) is 42.2 Å². The molecule has 0 atom stereocenters. The second-order valence-electron chi connectivity index (χ2n) is 6.29. The number of aromatic nitrogens is 5. The summed E-state index contributed by atoms with van der Waals surface area (Å²) in [7, 11) is 0. The molecule has 3 heterocycles. The first-order valence-corrected chi connectivity index (χ1v) is 8.48. The Morgan fingerprint density at radius 3 is 2.67 bits per heavy atom. The summed E-state index contributed by atoms with van der Waals surface area (Å²) in [4.78, 5) is 23.5. The molecule has 0 radical (unpaired) electrons. The van der Waals surface area contributed by atoms with Gasteiger partial charge < -0.3 is 0 Å². The number of pyridine rings is 1. The van der Waals surface area contributed by atoms with E-state index in [4.69, 9.17) is 4.98 Å². The monoisotopic (exact) mass is 358 g/mol. The van der Waals surface area contributed by atoms with Crippen molar-refractivity contribution in [1.29, 1.82) is 0 Å². The van der Waals surface area contributed by atoms with Crippen molar-refractivity contribution in [2.45, 2.75) is 13.5 Å². The topological polar surface area (TPSA) is 79.7 Å². The number of benzene rings is 1. The van der Waals surface area contributed by atoms with Gasteiger partial charge in [0.2, 0.25) is 5.95 Å². The average molecular weight is 358 g/mol. The third-order valence-electron chi connectivity index (χ3n) is 4.09. The van der Waals surface area contributed by atoms with Gasteiger partial charge in [-0.2, -0.15) is 10.1 Å². The summed E-state index contributed by atoms with van der Waals surface area (Å²) >= 11 is 0. The van der Waals surface area contributed by atoms with Gasteiger partial charge in [0.15, 0.2) is 0 Å². The summed E-state index contributed by atoms with van der Waals surface area (Å²) in [6.07, 6.45) is 5.20. The lowest BCUT2D eigenvalue weighted by Gasteiger charge is -2.21. The Bertz CT molecular complexity index is 1150. The van der Waals surface area contributed by atoms with Crippen LogP contribution in [0, 0.1) is 0 Å². The highest BCUT2D eigenvalue weighted by molar-refractivity contribution is 5.78. The van der Waals surface area contributed by atoms with Gasteiger partial charge >= 0.3 is 0 Å². The minimum Gasteiger partial charge on any atom is -0.288 e. The van der Waals surface area contributed by atoms with Crippen LogP contribution in [-0.4, -0.2) is 24.7 Å². The molecule has 0 amide bonds. The fraction of sp³-hybridized carbons (Fsp3) is 0.100. The summed E-state index contributed by atoms with van der Waals surface area (Å²) in [5, 5.41) is 7.65. The number of aromatic amines is 1. The van der Waals surface area contributed by atoms with Gasteiger partial charge in [0, 0.05) is 36.1 Å². The third kappa shape index (κ3) is 3.22. The zero-order chi connectivity index (χ0) is 18.8. The molecule has 27 heavy (non-hydrogen) atoms. The maximum absolute atomic E-state index is 12.4. The molecule has 0 saturated heterocycles. The summed E-state index contributed by atoms with van der Waals surface area (Å²) in [6, 6.07) is 13.0. The lowest BCUT2D eigenvalue weighted by atomic mass is 10.2. The van der Waals surface area contributed by atoms with Crippen LogP contribution in [0.1, 0.15) is 6.92 Å². The molecule has 3 aromatic heterocycles. The van der Waals surface area contributed by atoms with E-state index >= 15 is 0 Å². The smallest absolute Gasteiger partial charge is 0.252 e. The summed E-state index contributed by atoms with van der Waals surface area (Å²) in [5.41, 5.74) is 3.01. The van der Waals surface area contributed by atoms with Crippen molar-refractivity contribution in [3.05, 3.63) is 83.6 Å². The van der Waals surface area contributed by atoms with Crippen LogP contribution in [0.15, 0.2) is 78.0 Å². The van der Waals surface area contributed by atoms with Crippen LogP contribution in [0.3, 0.4) is 0 Å². The highest BCUT2D eigenvalue weighted by Gasteiger charge is 2.17. The van der Waals surface area contributed by atoms with Gasteiger partial charge in [-0.05, 0) is 25.1 Å². The number of hydrogen-bond donors (Lipinski definition) is 1. The van der Waals surface area contributed by atoms with Crippen LogP contribution < -0.4 is 10.5 Å². The minimum atomic E-state index is -0.121. The Kier molecular flexibility index (Phi) is 4.25. The van der Waals surface area contributed by atoms with Crippen molar-refractivity contribution in [2.75, 3.05) is 4.90 Å².